The van der Waals surface area contributed by atoms with Crippen molar-refractivity contribution in [3.63, 3.8) is 0 Å². The SMILES string of the molecule is CC.Cc1c(B(O)O)c(Cl)nc2ccccc12. The van der Waals surface area contributed by atoms with Crippen LogP contribution in [0.2, 0.25) is 5.15 Å². The van der Waals surface area contributed by atoms with Crippen molar-refractivity contribution in [3.8, 4) is 0 Å². The number of pyridine rings is 1. The first-order valence-corrected chi connectivity index (χ1v) is 5.90. The van der Waals surface area contributed by atoms with E-state index >= 15 is 0 Å². The standard InChI is InChI=1S/C10H9BClNO2.C2H6/c1-6-7-4-2-3-5-8(7)13-10(12)9(6)11(14)15;1-2/h2-5,14-15H,1H3;1-2H3. The number of fused-ring (bicyclic) bond motifs is 1. The molecule has 2 N–H and O–H groups in total. The second-order valence-corrected chi connectivity index (χ2v) is 3.69. The predicted octanol–water partition coefficient (Wildman–Crippen LogP) is 1.90. The molecule has 0 unspecified atom stereocenters. The van der Waals surface area contributed by atoms with Crippen molar-refractivity contribution in [2.45, 2.75) is 20.8 Å². The maximum Gasteiger partial charge on any atom is 0.491 e. The van der Waals surface area contributed by atoms with E-state index < -0.39 is 7.12 Å². The Hall–Kier alpha value is -1.10. The summed E-state index contributed by atoms with van der Waals surface area (Å²) in [5.74, 6) is 0. The minimum Gasteiger partial charge on any atom is -0.423 e. The Bertz CT molecular complexity index is 517. The lowest BCUT2D eigenvalue weighted by Gasteiger charge is -2.09. The monoisotopic (exact) mass is 251 g/mol. The van der Waals surface area contributed by atoms with Crippen LogP contribution in [0.4, 0.5) is 0 Å². The first-order valence-electron chi connectivity index (χ1n) is 5.52. The molecule has 0 bridgehead atoms. The zero-order valence-corrected chi connectivity index (χ0v) is 10.9. The Kier molecular flexibility index (Phi) is 4.93. The number of benzene rings is 1. The highest BCUT2D eigenvalue weighted by Gasteiger charge is 2.20. The van der Waals surface area contributed by atoms with Crippen molar-refractivity contribution in [2.75, 3.05) is 0 Å². The van der Waals surface area contributed by atoms with Crippen LogP contribution in [0.25, 0.3) is 10.9 Å². The summed E-state index contributed by atoms with van der Waals surface area (Å²) in [4.78, 5) is 4.10. The fourth-order valence-electron chi connectivity index (χ4n) is 1.65. The molecule has 0 atom stereocenters. The summed E-state index contributed by atoms with van der Waals surface area (Å²) in [7, 11) is -1.59. The molecule has 0 saturated carbocycles. The summed E-state index contributed by atoms with van der Waals surface area (Å²) >= 11 is 5.87. The summed E-state index contributed by atoms with van der Waals surface area (Å²) in [5, 5.41) is 19.4. The molecule has 0 aliphatic rings. The molecule has 90 valence electrons. The summed E-state index contributed by atoms with van der Waals surface area (Å²) < 4.78 is 0. The molecule has 1 heterocycles. The second-order valence-electron chi connectivity index (χ2n) is 3.33. The molecule has 0 spiro atoms. The maximum absolute atomic E-state index is 9.18. The van der Waals surface area contributed by atoms with Crippen molar-refractivity contribution < 1.29 is 10.0 Å². The van der Waals surface area contributed by atoms with Crippen LogP contribution in [0.5, 0.6) is 0 Å². The third kappa shape index (κ3) is 2.78. The Morgan fingerprint density at radius 1 is 1.18 bits per heavy atom. The van der Waals surface area contributed by atoms with Gasteiger partial charge in [0, 0.05) is 10.8 Å². The van der Waals surface area contributed by atoms with Gasteiger partial charge in [0.05, 0.1) is 5.52 Å². The zero-order chi connectivity index (χ0) is 13.0. The Labute approximate surface area is 106 Å². The number of nitrogens with zero attached hydrogens (tertiary/aromatic N) is 1. The lowest BCUT2D eigenvalue weighted by atomic mass is 9.77. The number of halogens is 1. The van der Waals surface area contributed by atoms with Gasteiger partial charge in [-0.1, -0.05) is 43.6 Å². The van der Waals surface area contributed by atoms with Crippen LogP contribution < -0.4 is 5.46 Å². The average Bonchev–Trinajstić information content (AvgIpc) is 2.31. The van der Waals surface area contributed by atoms with E-state index in [0.717, 1.165) is 16.5 Å². The molecule has 0 fully saturated rings. The van der Waals surface area contributed by atoms with E-state index in [2.05, 4.69) is 4.98 Å². The van der Waals surface area contributed by atoms with Gasteiger partial charge in [0.15, 0.2) is 0 Å². The molecule has 0 radical (unpaired) electrons. The van der Waals surface area contributed by atoms with Crippen molar-refractivity contribution in [1.29, 1.82) is 0 Å². The van der Waals surface area contributed by atoms with Crippen LogP contribution in [-0.4, -0.2) is 22.2 Å². The van der Waals surface area contributed by atoms with Gasteiger partial charge in [-0.05, 0) is 18.6 Å². The fraction of sp³-hybridized carbons (Fsp3) is 0.250. The molecule has 1 aromatic heterocycles. The molecule has 0 aliphatic heterocycles. The molecular formula is C12H15BClNO2. The first-order chi connectivity index (χ1) is 8.11. The Morgan fingerprint density at radius 3 is 2.35 bits per heavy atom. The van der Waals surface area contributed by atoms with Crippen LogP contribution >= 0.6 is 11.6 Å². The third-order valence-corrected chi connectivity index (χ3v) is 2.70. The molecule has 1 aromatic carbocycles. The summed E-state index contributed by atoms with van der Waals surface area (Å²) in [5.41, 5.74) is 1.78. The molecule has 2 rings (SSSR count). The number of para-hydroxylation sites is 1. The number of hydrogen-bond acceptors (Lipinski definition) is 3. The van der Waals surface area contributed by atoms with Gasteiger partial charge in [0.25, 0.3) is 0 Å². The summed E-state index contributed by atoms with van der Waals surface area (Å²) in [6.45, 7) is 5.80. The van der Waals surface area contributed by atoms with Crippen LogP contribution in [0.3, 0.4) is 0 Å². The van der Waals surface area contributed by atoms with Crippen LogP contribution in [-0.2, 0) is 0 Å². The van der Waals surface area contributed by atoms with E-state index in [-0.39, 0.29) is 10.6 Å². The number of rotatable bonds is 1. The highest BCUT2D eigenvalue weighted by molar-refractivity contribution is 6.63. The van der Waals surface area contributed by atoms with Crippen LogP contribution in [0.15, 0.2) is 24.3 Å². The van der Waals surface area contributed by atoms with Crippen molar-refractivity contribution in [1.82, 2.24) is 4.98 Å². The van der Waals surface area contributed by atoms with Gasteiger partial charge >= 0.3 is 7.12 Å². The van der Waals surface area contributed by atoms with Gasteiger partial charge in [-0.3, -0.25) is 0 Å². The Morgan fingerprint density at radius 2 is 1.76 bits per heavy atom. The van der Waals surface area contributed by atoms with E-state index in [0.29, 0.717) is 0 Å². The first kappa shape index (κ1) is 14.0. The summed E-state index contributed by atoms with van der Waals surface area (Å²) in [6, 6.07) is 7.44. The normalized spacial score (nSPS) is 9.76. The van der Waals surface area contributed by atoms with Gasteiger partial charge in [0.1, 0.15) is 5.15 Å². The highest BCUT2D eigenvalue weighted by Crippen LogP contribution is 2.18. The molecule has 2 aromatic rings. The summed E-state index contributed by atoms with van der Waals surface area (Å²) in [6.07, 6.45) is 0. The molecular weight excluding hydrogens is 236 g/mol. The van der Waals surface area contributed by atoms with Gasteiger partial charge in [-0.15, -0.1) is 0 Å². The minimum atomic E-state index is -1.59. The smallest absolute Gasteiger partial charge is 0.423 e. The maximum atomic E-state index is 9.18. The zero-order valence-electron chi connectivity index (χ0n) is 10.1. The minimum absolute atomic E-state index is 0.140. The van der Waals surface area contributed by atoms with Crippen LogP contribution in [0.1, 0.15) is 19.4 Å². The van der Waals surface area contributed by atoms with E-state index in [1.807, 2.05) is 38.1 Å². The topological polar surface area (TPSA) is 53.4 Å². The lowest BCUT2D eigenvalue weighted by Crippen LogP contribution is -2.34. The average molecular weight is 252 g/mol. The number of aryl methyl sites for hydroxylation is 1. The molecule has 5 heteroatoms. The van der Waals surface area contributed by atoms with Crippen molar-refractivity contribution in [3.05, 3.63) is 35.0 Å². The largest absolute Gasteiger partial charge is 0.491 e. The molecule has 0 aliphatic carbocycles. The molecule has 0 saturated heterocycles. The molecule has 3 nitrogen and oxygen atoms in total. The van der Waals surface area contributed by atoms with E-state index in [1.165, 1.54) is 0 Å². The quantitative estimate of drug-likeness (QED) is 0.601. The van der Waals surface area contributed by atoms with E-state index in [1.54, 1.807) is 6.92 Å². The van der Waals surface area contributed by atoms with Crippen molar-refractivity contribution >= 4 is 35.1 Å². The number of aromatic nitrogens is 1. The van der Waals surface area contributed by atoms with Gasteiger partial charge < -0.3 is 10.0 Å². The van der Waals surface area contributed by atoms with Crippen molar-refractivity contribution in [2.24, 2.45) is 0 Å². The van der Waals surface area contributed by atoms with Gasteiger partial charge in [-0.25, -0.2) is 4.98 Å². The lowest BCUT2D eigenvalue weighted by molar-refractivity contribution is 0.425. The van der Waals surface area contributed by atoms with E-state index in [4.69, 9.17) is 11.6 Å². The predicted molar refractivity (Wildman–Crippen MR) is 72.7 cm³/mol. The molecule has 0 amide bonds. The van der Waals surface area contributed by atoms with Crippen LogP contribution in [0, 0.1) is 6.92 Å². The van der Waals surface area contributed by atoms with Gasteiger partial charge in [-0.2, -0.15) is 0 Å². The second kappa shape index (κ2) is 6.01. The molecule has 17 heavy (non-hydrogen) atoms. The third-order valence-electron chi connectivity index (χ3n) is 2.41. The Balaban J connectivity index is 0.000000686. The fourth-order valence-corrected chi connectivity index (χ4v) is 1.98. The van der Waals surface area contributed by atoms with E-state index in [9.17, 15) is 10.0 Å². The van der Waals surface area contributed by atoms with Gasteiger partial charge in [0.2, 0.25) is 0 Å². The highest BCUT2D eigenvalue weighted by atomic mass is 35.5. The number of hydrogen-bond donors (Lipinski definition) is 2.